The zero-order chi connectivity index (χ0) is 15.2. The second-order valence-electron chi connectivity index (χ2n) is 4.95. The van der Waals surface area contributed by atoms with Crippen LogP contribution in [0, 0.1) is 12.7 Å². The Morgan fingerprint density at radius 1 is 1.14 bits per heavy atom. The van der Waals surface area contributed by atoms with Crippen molar-refractivity contribution >= 4 is 15.9 Å². The van der Waals surface area contributed by atoms with Crippen LogP contribution < -0.4 is 10.1 Å². The minimum Gasteiger partial charge on any atom is -0.454 e. The molecule has 2 rings (SSSR count). The second-order valence-corrected chi connectivity index (χ2v) is 5.87. The quantitative estimate of drug-likeness (QED) is 0.723. The highest BCUT2D eigenvalue weighted by Gasteiger charge is 2.08. The first-order valence-corrected chi connectivity index (χ1v) is 7.82. The van der Waals surface area contributed by atoms with E-state index in [1.54, 1.807) is 6.07 Å². The molecule has 0 fully saturated rings. The largest absolute Gasteiger partial charge is 0.454 e. The monoisotopic (exact) mass is 351 g/mol. The fraction of sp³-hybridized carbons (Fsp3) is 0.294. The summed E-state index contributed by atoms with van der Waals surface area (Å²) in [5, 5.41) is 3.25. The Balaban J connectivity index is 2.10. The maximum atomic E-state index is 14.1. The molecule has 0 saturated heterocycles. The lowest BCUT2D eigenvalue weighted by atomic mass is 10.2. The predicted molar refractivity (Wildman–Crippen MR) is 87.4 cm³/mol. The Morgan fingerprint density at radius 3 is 2.57 bits per heavy atom. The van der Waals surface area contributed by atoms with E-state index in [4.69, 9.17) is 4.74 Å². The first kappa shape index (κ1) is 16.0. The number of ether oxygens (including phenoxy) is 1. The van der Waals surface area contributed by atoms with Crippen LogP contribution >= 0.6 is 15.9 Å². The molecular weight excluding hydrogens is 333 g/mol. The topological polar surface area (TPSA) is 21.3 Å². The molecule has 0 amide bonds. The molecule has 0 bridgehead atoms. The fourth-order valence-corrected chi connectivity index (χ4v) is 2.47. The molecule has 0 atom stereocenters. The molecule has 0 heterocycles. The summed E-state index contributed by atoms with van der Waals surface area (Å²) in [5.41, 5.74) is 1.87. The number of benzene rings is 2. The van der Waals surface area contributed by atoms with Crippen LogP contribution in [-0.4, -0.2) is 6.54 Å². The van der Waals surface area contributed by atoms with Gasteiger partial charge >= 0.3 is 0 Å². The normalized spacial score (nSPS) is 10.7. The summed E-state index contributed by atoms with van der Waals surface area (Å²) in [4.78, 5) is 0. The Labute approximate surface area is 133 Å². The number of rotatable bonds is 6. The van der Waals surface area contributed by atoms with Gasteiger partial charge in [-0.05, 0) is 61.3 Å². The van der Waals surface area contributed by atoms with Gasteiger partial charge < -0.3 is 10.1 Å². The van der Waals surface area contributed by atoms with E-state index in [9.17, 15) is 4.39 Å². The van der Waals surface area contributed by atoms with E-state index in [0.717, 1.165) is 28.6 Å². The molecule has 21 heavy (non-hydrogen) atoms. The molecule has 0 unspecified atom stereocenters. The average molecular weight is 352 g/mol. The van der Waals surface area contributed by atoms with Crippen LogP contribution in [0.3, 0.4) is 0 Å². The van der Waals surface area contributed by atoms with E-state index in [2.05, 4.69) is 28.2 Å². The summed E-state index contributed by atoms with van der Waals surface area (Å²) in [6.45, 7) is 5.63. The van der Waals surface area contributed by atoms with E-state index < -0.39 is 0 Å². The average Bonchev–Trinajstić information content (AvgIpc) is 2.44. The molecule has 0 radical (unpaired) electrons. The van der Waals surface area contributed by atoms with Gasteiger partial charge in [-0.25, -0.2) is 4.39 Å². The maximum absolute atomic E-state index is 14.1. The first-order valence-electron chi connectivity index (χ1n) is 7.03. The van der Waals surface area contributed by atoms with Gasteiger partial charge in [0.15, 0.2) is 11.6 Å². The number of halogens is 2. The predicted octanol–water partition coefficient (Wildman–Crippen LogP) is 5.19. The molecule has 0 saturated carbocycles. The van der Waals surface area contributed by atoms with E-state index in [-0.39, 0.29) is 11.6 Å². The molecule has 0 aromatic heterocycles. The van der Waals surface area contributed by atoms with Gasteiger partial charge in [-0.1, -0.05) is 28.9 Å². The lowest BCUT2D eigenvalue weighted by Crippen LogP contribution is -2.13. The lowest BCUT2D eigenvalue weighted by molar-refractivity contribution is 0.438. The van der Waals surface area contributed by atoms with Crippen molar-refractivity contribution in [1.82, 2.24) is 5.32 Å². The summed E-state index contributed by atoms with van der Waals surface area (Å²) < 4.78 is 20.7. The number of aryl methyl sites for hydroxylation is 1. The van der Waals surface area contributed by atoms with Crippen LogP contribution in [0.5, 0.6) is 11.5 Å². The van der Waals surface area contributed by atoms with Crippen LogP contribution in [0.2, 0.25) is 0 Å². The summed E-state index contributed by atoms with van der Waals surface area (Å²) in [6, 6.07) is 10.7. The minimum atomic E-state index is -0.340. The van der Waals surface area contributed by atoms with Crippen molar-refractivity contribution in [2.45, 2.75) is 26.8 Å². The molecule has 0 aliphatic carbocycles. The molecule has 4 heteroatoms. The van der Waals surface area contributed by atoms with E-state index in [1.807, 2.05) is 31.2 Å². The van der Waals surface area contributed by atoms with Gasteiger partial charge in [0.25, 0.3) is 0 Å². The SMILES string of the molecule is CCCNCc1ccc(Oc2ccc(Br)cc2C)c(F)c1. The standard InChI is InChI=1S/C17H19BrFNO/c1-3-8-20-11-13-4-6-17(15(19)10-13)21-16-7-5-14(18)9-12(16)2/h4-7,9-10,20H,3,8,11H2,1-2H3. The highest BCUT2D eigenvalue weighted by atomic mass is 79.9. The number of hydrogen-bond acceptors (Lipinski definition) is 2. The number of hydrogen-bond donors (Lipinski definition) is 1. The van der Waals surface area contributed by atoms with Crippen molar-refractivity contribution in [2.24, 2.45) is 0 Å². The Hall–Kier alpha value is -1.39. The molecule has 112 valence electrons. The van der Waals surface area contributed by atoms with E-state index in [0.29, 0.717) is 12.3 Å². The van der Waals surface area contributed by atoms with Crippen molar-refractivity contribution in [1.29, 1.82) is 0 Å². The lowest BCUT2D eigenvalue weighted by Gasteiger charge is -2.11. The molecular formula is C17H19BrFNO. The highest BCUT2D eigenvalue weighted by Crippen LogP contribution is 2.29. The Kier molecular flexibility index (Phi) is 5.76. The van der Waals surface area contributed by atoms with Crippen molar-refractivity contribution in [2.75, 3.05) is 6.54 Å². The van der Waals surface area contributed by atoms with Gasteiger partial charge in [-0.2, -0.15) is 0 Å². The Morgan fingerprint density at radius 2 is 1.90 bits per heavy atom. The minimum absolute atomic E-state index is 0.250. The van der Waals surface area contributed by atoms with Crippen molar-refractivity contribution in [3.8, 4) is 11.5 Å². The van der Waals surface area contributed by atoms with Crippen LogP contribution in [0.15, 0.2) is 40.9 Å². The van der Waals surface area contributed by atoms with Gasteiger partial charge in [0.2, 0.25) is 0 Å². The third-order valence-electron chi connectivity index (χ3n) is 3.11. The molecule has 0 aliphatic rings. The van der Waals surface area contributed by atoms with Gasteiger partial charge in [-0.3, -0.25) is 0 Å². The summed E-state index contributed by atoms with van der Waals surface area (Å²) in [6.07, 6.45) is 1.06. The Bertz CT molecular complexity index is 616. The molecule has 2 aromatic carbocycles. The molecule has 0 spiro atoms. The van der Waals surface area contributed by atoms with Crippen LogP contribution in [0.1, 0.15) is 24.5 Å². The van der Waals surface area contributed by atoms with Gasteiger partial charge in [-0.15, -0.1) is 0 Å². The molecule has 1 N–H and O–H groups in total. The van der Waals surface area contributed by atoms with Crippen molar-refractivity contribution < 1.29 is 9.13 Å². The van der Waals surface area contributed by atoms with Gasteiger partial charge in [0, 0.05) is 11.0 Å². The molecule has 2 nitrogen and oxygen atoms in total. The van der Waals surface area contributed by atoms with Crippen LogP contribution in [0.25, 0.3) is 0 Å². The zero-order valence-electron chi connectivity index (χ0n) is 12.2. The fourth-order valence-electron chi connectivity index (χ4n) is 1.99. The number of nitrogens with one attached hydrogen (secondary N) is 1. The van der Waals surface area contributed by atoms with Gasteiger partial charge in [0.1, 0.15) is 5.75 Å². The third-order valence-corrected chi connectivity index (χ3v) is 3.60. The van der Waals surface area contributed by atoms with Gasteiger partial charge in [0.05, 0.1) is 0 Å². The summed E-state index contributed by atoms with van der Waals surface area (Å²) in [5.74, 6) is 0.571. The van der Waals surface area contributed by atoms with E-state index in [1.165, 1.54) is 6.07 Å². The van der Waals surface area contributed by atoms with Crippen molar-refractivity contribution in [3.05, 3.63) is 57.8 Å². The molecule has 2 aromatic rings. The smallest absolute Gasteiger partial charge is 0.166 e. The molecule has 0 aliphatic heterocycles. The third kappa shape index (κ3) is 4.55. The van der Waals surface area contributed by atoms with Crippen LogP contribution in [0.4, 0.5) is 4.39 Å². The first-order chi connectivity index (χ1) is 10.1. The van der Waals surface area contributed by atoms with Crippen molar-refractivity contribution in [3.63, 3.8) is 0 Å². The van der Waals surface area contributed by atoms with Crippen LogP contribution in [-0.2, 0) is 6.54 Å². The maximum Gasteiger partial charge on any atom is 0.166 e. The highest BCUT2D eigenvalue weighted by molar-refractivity contribution is 9.10. The summed E-state index contributed by atoms with van der Waals surface area (Å²) in [7, 11) is 0. The second kappa shape index (κ2) is 7.57. The summed E-state index contributed by atoms with van der Waals surface area (Å²) >= 11 is 3.40. The van der Waals surface area contributed by atoms with E-state index >= 15 is 0 Å². The zero-order valence-corrected chi connectivity index (χ0v) is 13.8.